The van der Waals surface area contributed by atoms with Gasteiger partial charge in [-0.1, -0.05) is 41.9 Å². The highest BCUT2D eigenvalue weighted by molar-refractivity contribution is 6.31. The second-order valence-corrected chi connectivity index (χ2v) is 5.00. The van der Waals surface area contributed by atoms with Crippen LogP contribution in [0.3, 0.4) is 0 Å². The van der Waals surface area contributed by atoms with Crippen LogP contribution in [0.5, 0.6) is 0 Å². The highest BCUT2D eigenvalue weighted by Gasteiger charge is 2.19. The van der Waals surface area contributed by atoms with E-state index in [1.54, 1.807) is 18.2 Å². The van der Waals surface area contributed by atoms with Crippen LogP contribution in [-0.2, 0) is 6.50 Å². The zero-order valence-electron chi connectivity index (χ0n) is 13.8. The Morgan fingerprint density at radius 1 is 1.19 bits per heavy atom. The fourth-order valence-corrected chi connectivity index (χ4v) is 2.49. The summed E-state index contributed by atoms with van der Waals surface area (Å²) >= 11 is 6.16. The zero-order chi connectivity index (χ0) is 16.9. The fraction of sp³-hybridized carbons (Fsp3) is 0.0625. The van der Waals surface area contributed by atoms with Crippen LogP contribution in [0, 0.1) is 0 Å². The molecule has 4 rings (SSSR count). The van der Waals surface area contributed by atoms with E-state index in [4.69, 9.17) is 15.7 Å². The second kappa shape index (κ2) is 4.82. The van der Waals surface area contributed by atoms with Crippen LogP contribution in [0.15, 0.2) is 59.8 Å². The van der Waals surface area contributed by atoms with E-state index in [1.165, 1.54) is 4.57 Å². The Labute approximate surface area is 131 Å². The number of rotatable bonds is 1. The number of fused-ring (bicyclic) bond motifs is 3. The molecule has 0 atom stereocenters. The molecule has 0 N–H and O–H groups in total. The summed E-state index contributed by atoms with van der Waals surface area (Å²) in [5, 5.41) is 8.02. The molecule has 102 valence electrons. The predicted octanol–water partition coefficient (Wildman–Crippen LogP) is 3.27. The largest absolute Gasteiger partial charge is 0.283 e. The van der Waals surface area contributed by atoms with Gasteiger partial charge in [0.05, 0.1) is 14.1 Å². The number of benzene rings is 2. The van der Waals surface area contributed by atoms with Crippen LogP contribution >= 0.6 is 11.6 Å². The molecular formula is C16H11ClN4. The van der Waals surface area contributed by atoms with E-state index in [9.17, 15) is 0 Å². The lowest BCUT2D eigenvalue weighted by Crippen LogP contribution is -2.06. The molecule has 2 aromatic carbocycles. The maximum absolute atomic E-state index is 8.31. The summed E-state index contributed by atoms with van der Waals surface area (Å²) in [6.45, 7) is -2.12. The summed E-state index contributed by atoms with van der Waals surface area (Å²) in [4.78, 5) is 4.30. The van der Waals surface area contributed by atoms with Crippen molar-refractivity contribution in [2.75, 3.05) is 0 Å². The molecule has 0 unspecified atom stereocenters. The minimum absolute atomic E-state index is 0.0259. The Kier molecular flexibility index (Phi) is 2.18. The van der Waals surface area contributed by atoms with Crippen molar-refractivity contribution < 1.29 is 4.11 Å². The summed E-state index contributed by atoms with van der Waals surface area (Å²) < 4.78 is 26.0. The van der Waals surface area contributed by atoms with Crippen LogP contribution < -0.4 is 0 Å². The van der Waals surface area contributed by atoms with Crippen LogP contribution in [0.4, 0.5) is 0 Å². The number of aliphatic imine (C=N–C) groups is 1. The molecule has 1 aromatic heterocycles. The fourth-order valence-electron chi connectivity index (χ4n) is 2.32. The van der Waals surface area contributed by atoms with E-state index in [0.29, 0.717) is 22.0 Å². The molecule has 0 aliphatic carbocycles. The second-order valence-electron chi connectivity index (χ2n) is 4.56. The van der Waals surface area contributed by atoms with E-state index in [0.717, 1.165) is 5.56 Å². The minimum atomic E-state index is -2.12. The standard InChI is InChI=1S/C16H11ClN4/c17-12-6-7-14-13(8-12)16(11-4-2-1-3-5-11)18-9-15-20-19-10-21(14)15/h1-8,10H,9H2/i9D2,10D. The first-order valence-electron chi connectivity index (χ1n) is 7.85. The van der Waals surface area contributed by atoms with Crippen molar-refractivity contribution in [1.29, 1.82) is 0 Å². The van der Waals surface area contributed by atoms with Gasteiger partial charge in [-0.3, -0.25) is 9.56 Å². The van der Waals surface area contributed by atoms with Gasteiger partial charge in [0, 0.05) is 16.1 Å². The van der Waals surface area contributed by atoms with Gasteiger partial charge < -0.3 is 0 Å². The van der Waals surface area contributed by atoms with Crippen LogP contribution in [0.25, 0.3) is 5.69 Å². The summed E-state index contributed by atoms with van der Waals surface area (Å²) in [5.41, 5.74) is 2.43. The molecule has 4 nitrogen and oxygen atoms in total. The minimum Gasteiger partial charge on any atom is -0.283 e. The third-order valence-electron chi connectivity index (χ3n) is 3.27. The van der Waals surface area contributed by atoms with Gasteiger partial charge in [0.1, 0.15) is 14.2 Å². The summed E-state index contributed by atoms with van der Waals surface area (Å²) in [7, 11) is 0. The molecule has 0 fully saturated rings. The van der Waals surface area contributed by atoms with Crippen LogP contribution in [0.2, 0.25) is 5.02 Å². The normalized spacial score (nSPS) is 17.6. The SMILES string of the molecule is [2H]c1nnc2n1-c1ccc(Cl)cc1C(c1ccccc1)=NC2([2H])[2H]. The molecule has 21 heavy (non-hydrogen) atoms. The van der Waals surface area contributed by atoms with Crippen molar-refractivity contribution >= 4 is 17.3 Å². The highest BCUT2D eigenvalue weighted by Crippen LogP contribution is 2.26. The summed E-state index contributed by atoms with van der Waals surface area (Å²) in [6.07, 6.45) is -0.151. The van der Waals surface area contributed by atoms with Crippen molar-refractivity contribution in [3.8, 4) is 5.69 Å². The number of halogens is 1. The molecule has 1 aliphatic rings. The van der Waals surface area contributed by atoms with E-state index in [-0.39, 0.29) is 12.1 Å². The molecule has 0 bridgehead atoms. The van der Waals surface area contributed by atoms with Gasteiger partial charge in [0.2, 0.25) is 0 Å². The summed E-state index contributed by atoms with van der Waals surface area (Å²) in [5.74, 6) is -0.0259. The first-order valence-corrected chi connectivity index (χ1v) is 6.73. The van der Waals surface area contributed by atoms with Gasteiger partial charge in [-0.05, 0) is 18.2 Å². The third-order valence-corrected chi connectivity index (χ3v) is 3.51. The molecule has 0 spiro atoms. The number of hydrogen-bond donors (Lipinski definition) is 0. The van der Waals surface area contributed by atoms with Gasteiger partial charge >= 0.3 is 0 Å². The molecule has 2 heterocycles. The quantitative estimate of drug-likeness (QED) is 0.692. The van der Waals surface area contributed by atoms with Crippen molar-refractivity contribution in [2.24, 2.45) is 4.99 Å². The number of hydrogen-bond acceptors (Lipinski definition) is 3. The Hall–Kier alpha value is -2.46. The first-order chi connectivity index (χ1) is 11.5. The lowest BCUT2D eigenvalue weighted by molar-refractivity contribution is 0.870. The van der Waals surface area contributed by atoms with Crippen molar-refractivity contribution in [2.45, 2.75) is 6.50 Å². The van der Waals surface area contributed by atoms with Crippen molar-refractivity contribution in [3.63, 3.8) is 0 Å². The Bertz CT molecular complexity index is 967. The maximum Gasteiger partial charge on any atom is 0.159 e. The van der Waals surface area contributed by atoms with E-state index >= 15 is 0 Å². The molecule has 0 radical (unpaired) electrons. The van der Waals surface area contributed by atoms with E-state index in [1.807, 2.05) is 30.3 Å². The zero-order valence-corrected chi connectivity index (χ0v) is 11.5. The highest BCUT2D eigenvalue weighted by atomic mass is 35.5. The van der Waals surface area contributed by atoms with Gasteiger partial charge in [-0.2, -0.15) is 0 Å². The average molecular weight is 298 g/mol. The van der Waals surface area contributed by atoms with Gasteiger partial charge in [0.15, 0.2) is 5.82 Å². The van der Waals surface area contributed by atoms with Gasteiger partial charge in [0.25, 0.3) is 0 Å². The Morgan fingerprint density at radius 2 is 2.05 bits per heavy atom. The maximum atomic E-state index is 8.31. The molecule has 3 aromatic rings. The van der Waals surface area contributed by atoms with Gasteiger partial charge in [-0.25, -0.2) is 0 Å². The number of nitrogens with zero attached hydrogens (tertiary/aromatic N) is 4. The lowest BCUT2D eigenvalue weighted by atomic mass is 10.0. The average Bonchev–Trinajstić information content (AvgIpc) is 2.92. The molecule has 5 heteroatoms. The number of aromatic nitrogens is 3. The molecule has 1 aliphatic heterocycles. The Morgan fingerprint density at radius 3 is 2.90 bits per heavy atom. The van der Waals surface area contributed by atoms with E-state index < -0.39 is 6.50 Å². The van der Waals surface area contributed by atoms with Crippen molar-refractivity contribution in [3.05, 3.63) is 76.8 Å². The van der Waals surface area contributed by atoms with Crippen molar-refractivity contribution in [1.82, 2.24) is 14.8 Å². The molecule has 0 saturated heterocycles. The molecular weight excluding hydrogens is 284 g/mol. The van der Waals surface area contributed by atoms with Crippen LogP contribution in [-0.4, -0.2) is 20.5 Å². The van der Waals surface area contributed by atoms with Crippen LogP contribution in [0.1, 0.15) is 21.1 Å². The topological polar surface area (TPSA) is 43.1 Å². The lowest BCUT2D eigenvalue weighted by Gasteiger charge is -2.11. The van der Waals surface area contributed by atoms with Gasteiger partial charge in [-0.15, -0.1) is 10.2 Å². The monoisotopic (exact) mass is 297 g/mol. The Balaban J connectivity index is 2.10. The first kappa shape index (κ1) is 9.47. The third kappa shape index (κ3) is 2.04. The van der Waals surface area contributed by atoms with E-state index in [2.05, 4.69) is 15.2 Å². The molecule has 0 amide bonds. The predicted molar refractivity (Wildman–Crippen MR) is 82.2 cm³/mol. The summed E-state index contributed by atoms with van der Waals surface area (Å²) in [6, 6.07) is 14.4. The smallest absolute Gasteiger partial charge is 0.159 e. The molecule has 0 saturated carbocycles.